The zero-order valence-corrected chi connectivity index (χ0v) is 38.6. The number of ether oxygens (including phenoxy) is 1. The van der Waals surface area contributed by atoms with Crippen LogP contribution in [0.2, 0.25) is 0 Å². The summed E-state index contributed by atoms with van der Waals surface area (Å²) in [4.78, 5) is 99.7. The van der Waals surface area contributed by atoms with Crippen molar-refractivity contribution in [3.8, 4) is 0 Å². The first-order valence-corrected chi connectivity index (χ1v) is 22.1. The molecule has 1 amide bonds. The van der Waals surface area contributed by atoms with Gasteiger partial charge in [-0.3, -0.25) is 29.0 Å². The SMILES string of the molecule is C=Cc1c(C)c2cc3nc(c(CC(=O)N[C@@H](CC(=O)O)C(=O)O)c4[nH]c(cc5nc(cc1[nH]2)C(C)=C5CC)c(C)c4C(=O)O)[C@@H](CCC(=O)O)[C@@H]3C.CCCCCOC(=O)C(N)CCC(=O)O.[NaH].[NaH].[NaH].[NaH]. The van der Waals surface area contributed by atoms with Crippen LogP contribution in [0.25, 0.3) is 39.3 Å². The summed E-state index contributed by atoms with van der Waals surface area (Å²) in [7, 11) is 0. The van der Waals surface area contributed by atoms with Gasteiger partial charge in [0.2, 0.25) is 5.91 Å². The first kappa shape index (κ1) is 67.8. The van der Waals surface area contributed by atoms with Crippen molar-refractivity contribution in [1.82, 2.24) is 25.3 Å². The maximum absolute atomic E-state index is 13.6. The molecule has 1 unspecified atom stereocenters. The molecule has 5 rings (SSSR count). The second-order valence-electron chi connectivity index (χ2n) is 16.6. The zero-order chi connectivity index (χ0) is 49.9. The number of carboxylic acids is 5. The molecule has 0 saturated heterocycles. The first-order valence-electron chi connectivity index (χ1n) is 22.1. The number of nitrogens with zero attached hydrogens (tertiary/aromatic N) is 2. The van der Waals surface area contributed by atoms with Crippen molar-refractivity contribution in [3.63, 3.8) is 0 Å². The van der Waals surface area contributed by atoms with Gasteiger partial charge in [-0.15, -0.1) is 0 Å². The molecule has 0 spiro atoms. The molecule has 8 bridgehead atoms. The van der Waals surface area contributed by atoms with E-state index < -0.39 is 78.5 Å². The minimum atomic E-state index is -1.76. The van der Waals surface area contributed by atoms with E-state index in [4.69, 9.17) is 25.5 Å². The van der Waals surface area contributed by atoms with Gasteiger partial charge in [0.05, 0.1) is 47.6 Å². The molecule has 5 heterocycles. The average molecular weight is 1030 g/mol. The van der Waals surface area contributed by atoms with Gasteiger partial charge in [0.15, 0.2) is 0 Å². The number of amides is 1. The summed E-state index contributed by atoms with van der Waals surface area (Å²) in [5, 5.41) is 49.8. The number of carbonyl (C=O) groups excluding carboxylic acids is 2. The summed E-state index contributed by atoms with van der Waals surface area (Å²) in [5.41, 5.74) is 13.4. The third-order valence-electron chi connectivity index (χ3n) is 11.9. The van der Waals surface area contributed by atoms with Gasteiger partial charge in [-0.1, -0.05) is 46.3 Å². The van der Waals surface area contributed by atoms with Crippen LogP contribution in [0, 0.1) is 13.8 Å². The topological polar surface area (TPSA) is 325 Å². The van der Waals surface area contributed by atoms with Crippen molar-refractivity contribution in [2.75, 3.05) is 6.61 Å². The number of rotatable bonds is 20. The molecule has 0 saturated carbocycles. The Balaban J connectivity index is 0.00000224. The number of hydrogen-bond donors (Lipinski definition) is 9. The number of fused-ring (bicyclic) bond motifs is 8. The number of nitrogens with two attached hydrogens (primary N) is 1. The number of aromatic nitrogens is 4. The van der Waals surface area contributed by atoms with Gasteiger partial charge >= 0.3 is 154 Å². The van der Waals surface area contributed by atoms with E-state index >= 15 is 0 Å². The van der Waals surface area contributed by atoms with Crippen molar-refractivity contribution in [1.29, 1.82) is 0 Å². The summed E-state index contributed by atoms with van der Waals surface area (Å²) >= 11 is 0. The summed E-state index contributed by atoms with van der Waals surface area (Å²) < 4.78 is 4.88. The molecule has 0 aromatic carbocycles. The monoisotopic (exact) mass is 1020 g/mol. The van der Waals surface area contributed by atoms with E-state index in [1.165, 1.54) is 0 Å². The Morgan fingerprint density at radius 1 is 0.831 bits per heavy atom. The molecule has 4 atom stereocenters. The van der Waals surface area contributed by atoms with Gasteiger partial charge in [-0.2, -0.15) is 0 Å². The number of nitrogens with one attached hydrogen (secondary N) is 3. The second kappa shape index (κ2) is 31.6. The molecule has 2 aliphatic rings. The quantitative estimate of drug-likeness (QED) is 0.0433. The number of H-pyrrole nitrogens is 2. The van der Waals surface area contributed by atoms with E-state index in [0.717, 1.165) is 47.1 Å². The van der Waals surface area contributed by atoms with Gasteiger partial charge in [0.1, 0.15) is 12.1 Å². The van der Waals surface area contributed by atoms with Crippen molar-refractivity contribution < 1.29 is 63.8 Å². The van der Waals surface area contributed by atoms with Crippen molar-refractivity contribution >= 4 is 199 Å². The summed E-state index contributed by atoms with van der Waals surface area (Å²) in [6.07, 6.45) is 3.66. The van der Waals surface area contributed by atoms with Gasteiger partial charge in [-0.05, 0) is 86.9 Å². The Hall–Kier alpha value is -3.15. The predicted octanol–water partition coefficient (Wildman–Crippen LogP) is 4.27. The van der Waals surface area contributed by atoms with Crippen LogP contribution in [0.4, 0.5) is 0 Å². The van der Waals surface area contributed by atoms with Crippen LogP contribution in [-0.4, -0.2) is 224 Å². The van der Waals surface area contributed by atoms with Gasteiger partial charge < -0.3 is 51.3 Å². The first-order chi connectivity index (χ1) is 31.6. The normalized spacial score (nSPS) is 14.3. The number of carboxylic acid groups (broad SMARTS) is 5. The van der Waals surface area contributed by atoms with E-state index in [9.17, 15) is 54.0 Å². The van der Waals surface area contributed by atoms with Gasteiger partial charge in [-0.25, -0.2) is 14.6 Å². The van der Waals surface area contributed by atoms with Gasteiger partial charge in [0, 0.05) is 58.0 Å². The summed E-state index contributed by atoms with van der Waals surface area (Å²) in [6, 6.07) is 2.95. The summed E-state index contributed by atoms with van der Waals surface area (Å²) in [5.74, 6) is -8.71. The molecule has 2 aliphatic heterocycles. The predicted molar refractivity (Wildman–Crippen MR) is 278 cm³/mol. The number of esters is 1. The van der Waals surface area contributed by atoms with Crippen molar-refractivity contribution in [2.24, 2.45) is 5.73 Å². The molecular formula is C48H64N6Na4O13. The van der Waals surface area contributed by atoms with Gasteiger partial charge in [0.25, 0.3) is 0 Å². The molecule has 23 heteroatoms. The third-order valence-corrected chi connectivity index (χ3v) is 11.9. The number of unbranched alkanes of at least 4 members (excludes halogenated alkanes) is 2. The summed E-state index contributed by atoms with van der Waals surface area (Å²) in [6.45, 7) is 15.8. The Morgan fingerprint density at radius 2 is 1.45 bits per heavy atom. The molecule has 71 heavy (non-hydrogen) atoms. The molecule has 368 valence electrons. The van der Waals surface area contributed by atoms with E-state index in [-0.39, 0.29) is 166 Å². The molecule has 10 N–H and O–H groups in total. The number of aromatic amines is 2. The van der Waals surface area contributed by atoms with Crippen LogP contribution in [-0.2, 0) is 39.9 Å². The minimum absolute atomic E-state index is 0. The fourth-order valence-corrected chi connectivity index (χ4v) is 8.18. The number of allylic oxidation sites excluding steroid dienone is 2. The van der Waals surface area contributed by atoms with Crippen LogP contribution in [0.5, 0.6) is 0 Å². The number of hydrogen-bond acceptors (Lipinski definition) is 11. The average Bonchev–Trinajstić information content (AvgIpc) is 3.94. The van der Waals surface area contributed by atoms with E-state index in [1.54, 1.807) is 19.1 Å². The Bertz CT molecular complexity index is 2660. The molecular weight excluding hydrogens is 961 g/mol. The molecule has 0 radical (unpaired) electrons. The number of aryl methyl sites for hydroxylation is 2. The standard InChI is InChI=1S/C38H41N5O9.C10H19NO4.4Na.4H/c1-7-20-16(3)24-12-26-18(5)22(9-10-32(45)46)35(42-26)23(11-31(44)41-30(37(49)50)15-33(47)48)36-34(38(51)52)19(6)27(43-36)14-29-21(8-2)17(4)25(40-29)13-28(20)39-24;1-2-3-4-7-15-10(14)8(11)5-6-9(12)13;;;;;;;;/h7,12-14,18,22,30,39,43H,1,8-11,15H2,2-6H3,(H,41,44)(H,45,46)(H,47,48)(H,49,50)(H,51,52);8H,2-7,11H2,1H3,(H,12,13);;;;;;;;/t18-,22-,30-;;;;;;;;;/m0........./s1. The molecule has 0 fully saturated rings. The molecule has 19 nitrogen and oxygen atoms in total. The van der Waals surface area contributed by atoms with Crippen LogP contribution < -0.4 is 11.1 Å². The van der Waals surface area contributed by atoms with Crippen molar-refractivity contribution in [2.45, 2.75) is 130 Å². The maximum atomic E-state index is 13.6. The van der Waals surface area contributed by atoms with E-state index in [2.05, 4.69) is 28.8 Å². The van der Waals surface area contributed by atoms with Crippen LogP contribution in [0.1, 0.15) is 153 Å². The molecule has 0 aliphatic carbocycles. The zero-order valence-electron chi connectivity index (χ0n) is 38.6. The Labute approximate surface area is 500 Å². The van der Waals surface area contributed by atoms with Crippen LogP contribution >= 0.6 is 0 Å². The van der Waals surface area contributed by atoms with Crippen LogP contribution in [0.15, 0.2) is 24.8 Å². The van der Waals surface area contributed by atoms with Crippen LogP contribution in [0.3, 0.4) is 0 Å². The number of aliphatic carboxylic acids is 4. The fraction of sp³-hybridized carbons (Fsp3) is 0.438. The second-order valence-corrected chi connectivity index (χ2v) is 16.6. The number of carbonyl (C=O) groups is 7. The molecule has 3 aromatic heterocycles. The van der Waals surface area contributed by atoms with E-state index in [0.29, 0.717) is 46.7 Å². The third kappa shape index (κ3) is 18.0. The fourth-order valence-electron chi connectivity index (χ4n) is 8.18. The van der Waals surface area contributed by atoms with E-state index in [1.807, 2.05) is 39.8 Å². The van der Waals surface area contributed by atoms with Crippen molar-refractivity contribution in [3.05, 3.63) is 75.4 Å². The molecule has 3 aromatic rings. The Kier molecular flexibility index (Phi) is 30.2. The number of aromatic carboxylic acids is 1. The Morgan fingerprint density at radius 3 is 2.00 bits per heavy atom.